The summed E-state index contributed by atoms with van der Waals surface area (Å²) in [5, 5.41) is 4.29. The van der Waals surface area contributed by atoms with E-state index in [1.807, 2.05) is 24.3 Å². The molecule has 3 rings (SSSR count). The zero-order chi connectivity index (χ0) is 19.2. The molecule has 1 saturated heterocycles. The van der Waals surface area contributed by atoms with E-state index < -0.39 is 0 Å². The van der Waals surface area contributed by atoms with E-state index in [0.29, 0.717) is 38.5 Å². The fourth-order valence-electron chi connectivity index (χ4n) is 2.69. The first-order chi connectivity index (χ1) is 13.1. The average Bonchev–Trinajstić information content (AvgIpc) is 3.16. The largest absolute Gasteiger partial charge is 0.471 e. The number of benzene rings is 1. The Morgan fingerprint density at radius 3 is 2.41 bits per heavy atom. The summed E-state index contributed by atoms with van der Waals surface area (Å²) in [6.07, 6.45) is 1.37. The molecule has 0 saturated carbocycles. The molecule has 27 heavy (non-hydrogen) atoms. The lowest BCUT2D eigenvalue weighted by molar-refractivity contribution is 0.0564. The van der Waals surface area contributed by atoms with Gasteiger partial charge in [0.2, 0.25) is 0 Å². The minimum atomic E-state index is -0.334. The van der Waals surface area contributed by atoms with Crippen molar-refractivity contribution in [3.63, 3.8) is 0 Å². The molecule has 0 unspecified atom stereocenters. The van der Waals surface area contributed by atoms with Crippen molar-refractivity contribution < 1.29 is 19.1 Å². The van der Waals surface area contributed by atoms with E-state index in [-0.39, 0.29) is 18.7 Å². The Balaban J connectivity index is 1.51. The molecular weight excluding hydrogens is 416 g/mol. The van der Waals surface area contributed by atoms with Crippen molar-refractivity contribution in [1.82, 2.24) is 19.6 Å². The molecule has 1 aliphatic rings. The fourth-order valence-corrected chi connectivity index (χ4v) is 2.95. The number of carbonyl (C=O) groups is 2. The highest BCUT2D eigenvalue weighted by molar-refractivity contribution is 9.10. The van der Waals surface area contributed by atoms with Crippen molar-refractivity contribution in [3.05, 3.63) is 46.7 Å². The molecule has 2 aromatic rings. The van der Waals surface area contributed by atoms with Crippen molar-refractivity contribution in [3.8, 4) is 5.75 Å². The van der Waals surface area contributed by atoms with Crippen LogP contribution < -0.4 is 4.74 Å². The van der Waals surface area contributed by atoms with Crippen LogP contribution in [0.4, 0.5) is 4.79 Å². The minimum Gasteiger partial charge on any atom is -0.471 e. The molecule has 144 valence electrons. The third-order valence-corrected chi connectivity index (χ3v) is 4.66. The predicted octanol–water partition coefficient (Wildman–Crippen LogP) is 2.60. The molecule has 1 aromatic carbocycles. The lowest BCUT2D eigenvalue weighted by Gasteiger charge is -2.33. The third-order valence-electron chi connectivity index (χ3n) is 4.13. The summed E-state index contributed by atoms with van der Waals surface area (Å²) in [4.78, 5) is 27.6. The van der Waals surface area contributed by atoms with Crippen molar-refractivity contribution in [1.29, 1.82) is 0 Å². The first-order valence-corrected chi connectivity index (χ1v) is 9.49. The molecule has 2 heterocycles. The zero-order valence-corrected chi connectivity index (χ0v) is 16.6. The molecule has 0 atom stereocenters. The number of ether oxygens (including phenoxy) is 2. The first-order valence-electron chi connectivity index (χ1n) is 8.69. The van der Waals surface area contributed by atoms with Crippen LogP contribution in [0.15, 0.2) is 41.0 Å². The Morgan fingerprint density at radius 1 is 1.07 bits per heavy atom. The fraction of sp³-hybridized carbons (Fsp3) is 0.389. The van der Waals surface area contributed by atoms with Crippen LogP contribution in [0.1, 0.15) is 17.4 Å². The topological polar surface area (TPSA) is 76.9 Å². The Morgan fingerprint density at radius 2 is 1.74 bits per heavy atom. The lowest BCUT2D eigenvalue weighted by atomic mass is 10.3. The summed E-state index contributed by atoms with van der Waals surface area (Å²) in [6.45, 7) is 4.16. The number of rotatable bonds is 5. The summed E-state index contributed by atoms with van der Waals surface area (Å²) in [7, 11) is 0. The Bertz CT molecular complexity index is 785. The van der Waals surface area contributed by atoms with Crippen molar-refractivity contribution >= 4 is 27.9 Å². The van der Waals surface area contributed by atoms with E-state index in [4.69, 9.17) is 9.47 Å². The number of hydrogen-bond donors (Lipinski definition) is 0. The van der Waals surface area contributed by atoms with Gasteiger partial charge in [-0.3, -0.25) is 4.79 Å². The molecule has 0 spiro atoms. The average molecular weight is 437 g/mol. The van der Waals surface area contributed by atoms with Gasteiger partial charge < -0.3 is 19.3 Å². The highest BCUT2D eigenvalue weighted by Crippen LogP contribution is 2.16. The van der Waals surface area contributed by atoms with E-state index in [0.717, 1.165) is 10.2 Å². The first kappa shape index (κ1) is 19.2. The van der Waals surface area contributed by atoms with E-state index in [2.05, 4.69) is 21.0 Å². The molecule has 2 amide bonds. The zero-order valence-electron chi connectivity index (χ0n) is 15.0. The normalized spacial score (nSPS) is 14.1. The van der Waals surface area contributed by atoms with E-state index in [1.165, 1.54) is 0 Å². The van der Waals surface area contributed by atoms with Crippen molar-refractivity contribution in [2.24, 2.45) is 0 Å². The number of halogens is 1. The van der Waals surface area contributed by atoms with E-state index >= 15 is 0 Å². The second-order valence-electron chi connectivity index (χ2n) is 5.95. The number of piperazine rings is 1. The molecule has 0 bridgehead atoms. The quantitative estimate of drug-likeness (QED) is 0.719. The standard InChI is InChI=1S/C18H21BrN4O4/c1-2-26-18(25)22-11-9-21(10-12-22)17(24)16-7-8-23(20-16)13-27-15-5-3-14(19)4-6-15/h3-8H,2,9-13H2,1H3. The monoisotopic (exact) mass is 436 g/mol. The van der Waals surface area contributed by atoms with Gasteiger partial charge in [0.15, 0.2) is 12.4 Å². The van der Waals surface area contributed by atoms with Gasteiger partial charge in [0, 0.05) is 36.8 Å². The van der Waals surface area contributed by atoms with Crippen LogP contribution in [0.25, 0.3) is 0 Å². The Labute approximate surface area is 165 Å². The molecule has 1 aromatic heterocycles. The van der Waals surface area contributed by atoms with Gasteiger partial charge in [0.05, 0.1) is 6.61 Å². The number of carbonyl (C=O) groups excluding carboxylic acids is 2. The maximum absolute atomic E-state index is 12.6. The highest BCUT2D eigenvalue weighted by Gasteiger charge is 2.26. The molecule has 1 fully saturated rings. The van der Waals surface area contributed by atoms with Crippen LogP contribution in [0, 0.1) is 0 Å². The molecular formula is C18H21BrN4O4. The molecule has 0 N–H and O–H groups in total. The number of amides is 2. The molecule has 9 heteroatoms. The summed E-state index contributed by atoms with van der Waals surface area (Å²) in [5.74, 6) is 0.567. The minimum absolute atomic E-state index is 0.152. The van der Waals surface area contributed by atoms with Crippen LogP contribution >= 0.6 is 15.9 Å². The maximum atomic E-state index is 12.6. The number of aromatic nitrogens is 2. The Hall–Kier alpha value is -2.55. The summed E-state index contributed by atoms with van der Waals surface area (Å²) in [6, 6.07) is 9.16. The van der Waals surface area contributed by atoms with Gasteiger partial charge in [-0.05, 0) is 37.3 Å². The molecule has 0 aliphatic carbocycles. The van der Waals surface area contributed by atoms with Gasteiger partial charge in [-0.1, -0.05) is 15.9 Å². The van der Waals surface area contributed by atoms with Gasteiger partial charge in [-0.2, -0.15) is 5.10 Å². The second-order valence-corrected chi connectivity index (χ2v) is 6.86. The molecule has 8 nitrogen and oxygen atoms in total. The van der Waals surface area contributed by atoms with Gasteiger partial charge in [0.1, 0.15) is 5.75 Å². The second kappa shape index (κ2) is 8.90. The lowest BCUT2D eigenvalue weighted by Crippen LogP contribution is -2.50. The number of nitrogens with zero attached hydrogens (tertiary/aromatic N) is 4. The van der Waals surface area contributed by atoms with Gasteiger partial charge in [0.25, 0.3) is 5.91 Å². The smallest absolute Gasteiger partial charge is 0.409 e. The summed E-state index contributed by atoms with van der Waals surface area (Å²) in [5.41, 5.74) is 0.360. The van der Waals surface area contributed by atoms with Crippen LogP contribution in [0.2, 0.25) is 0 Å². The third kappa shape index (κ3) is 5.00. The summed E-state index contributed by atoms with van der Waals surface area (Å²) < 4.78 is 13.2. The SMILES string of the molecule is CCOC(=O)N1CCN(C(=O)c2ccn(COc3ccc(Br)cc3)n2)CC1. The Kier molecular flexibility index (Phi) is 6.33. The van der Waals surface area contributed by atoms with Crippen LogP contribution in [0.5, 0.6) is 5.75 Å². The van der Waals surface area contributed by atoms with Crippen molar-refractivity contribution in [2.45, 2.75) is 13.7 Å². The van der Waals surface area contributed by atoms with Crippen LogP contribution in [-0.2, 0) is 11.5 Å². The molecule has 1 aliphatic heterocycles. The predicted molar refractivity (Wildman–Crippen MR) is 101 cm³/mol. The van der Waals surface area contributed by atoms with Crippen LogP contribution in [0.3, 0.4) is 0 Å². The molecule has 0 radical (unpaired) electrons. The number of hydrogen-bond acceptors (Lipinski definition) is 5. The summed E-state index contributed by atoms with van der Waals surface area (Å²) >= 11 is 3.37. The van der Waals surface area contributed by atoms with Gasteiger partial charge >= 0.3 is 6.09 Å². The maximum Gasteiger partial charge on any atom is 0.409 e. The van der Waals surface area contributed by atoms with Crippen LogP contribution in [-0.4, -0.2) is 64.4 Å². The highest BCUT2D eigenvalue weighted by atomic mass is 79.9. The van der Waals surface area contributed by atoms with E-state index in [9.17, 15) is 9.59 Å². The van der Waals surface area contributed by atoms with Gasteiger partial charge in [-0.25, -0.2) is 9.48 Å². The van der Waals surface area contributed by atoms with Gasteiger partial charge in [-0.15, -0.1) is 0 Å². The van der Waals surface area contributed by atoms with Crippen molar-refractivity contribution in [2.75, 3.05) is 32.8 Å². The van der Waals surface area contributed by atoms with E-state index in [1.54, 1.807) is 33.7 Å².